The topological polar surface area (TPSA) is 25.8 Å². The molecule has 0 bridgehead atoms. The highest BCUT2D eigenvalue weighted by Crippen LogP contribution is 2.40. The summed E-state index contributed by atoms with van der Waals surface area (Å²) >= 11 is 1.85. The van der Waals surface area contributed by atoms with E-state index in [0.717, 1.165) is 39.2 Å². The van der Waals surface area contributed by atoms with E-state index < -0.39 is 0 Å². The third kappa shape index (κ3) is 5.27. The van der Waals surface area contributed by atoms with Crippen LogP contribution in [0.15, 0.2) is 182 Å². The maximum atomic E-state index is 5.28. The maximum Gasteiger partial charge on any atom is 0.160 e. The van der Waals surface area contributed by atoms with Gasteiger partial charge in [-0.25, -0.2) is 9.97 Å². The molecule has 0 aliphatic carbocycles. The van der Waals surface area contributed by atoms with Gasteiger partial charge in [0.1, 0.15) is 0 Å². The van der Waals surface area contributed by atoms with Crippen LogP contribution in [0.3, 0.4) is 0 Å². The molecule has 0 saturated carbocycles. The minimum Gasteiger partial charge on any atom is -0.228 e. The number of nitrogens with zero attached hydrogens (tertiary/aromatic N) is 2. The predicted octanol–water partition coefficient (Wildman–Crippen LogP) is 13.5. The van der Waals surface area contributed by atoms with Crippen LogP contribution in [0, 0.1) is 0 Å². The molecule has 51 heavy (non-hydrogen) atoms. The third-order valence-corrected chi connectivity index (χ3v) is 11.0. The van der Waals surface area contributed by atoms with Crippen LogP contribution >= 0.6 is 11.3 Å². The van der Waals surface area contributed by atoms with Gasteiger partial charge >= 0.3 is 0 Å². The van der Waals surface area contributed by atoms with Gasteiger partial charge < -0.3 is 0 Å². The van der Waals surface area contributed by atoms with Crippen molar-refractivity contribution < 1.29 is 0 Å². The van der Waals surface area contributed by atoms with Gasteiger partial charge in [0, 0.05) is 36.9 Å². The van der Waals surface area contributed by atoms with E-state index in [0.29, 0.717) is 5.82 Å². The second-order valence-corrected chi connectivity index (χ2v) is 14.1. The Hall–Kier alpha value is -6.42. The van der Waals surface area contributed by atoms with Crippen LogP contribution in [-0.4, -0.2) is 9.97 Å². The Morgan fingerprint density at radius 2 is 0.902 bits per heavy atom. The Balaban J connectivity index is 1.24. The molecule has 8 aromatic carbocycles. The number of hydrogen-bond donors (Lipinski definition) is 0. The first-order valence-corrected chi connectivity index (χ1v) is 18.0. The van der Waals surface area contributed by atoms with Gasteiger partial charge in [-0.3, -0.25) is 0 Å². The quantitative estimate of drug-likeness (QED) is 0.183. The van der Waals surface area contributed by atoms with Crippen molar-refractivity contribution in [1.82, 2.24) is 9.97 Å². The third-order valence-electron chi connectivity index (χ3n) is 9.86. The summed E-state index contributed by atoms with van der Waals surface area (Å²) in [5, 5.41) is 7.40. The number of fused-ring (bicyclic) bond motifs is 5. The van der Waals surface area contributed by atoms with Crippen molar-refractivity contribution >= 4 is 53.1 Å². The van der Waals surface area contributed by atoms with Crippen LogP contribution in [0.4, 0.5) is 0 Å². The summed E-state index contributed by atoms with van der Waals surface area (Å²) in [6, 6.07) is 65.2. The predicted molar refractivity (Wildman–Crippen MR) is 217 cm³/mol. The maximum absolute atomic E-state index is 5.28. The number of thiophene rings is 1. The molecular formula is C48H30N2S. The fraction of sp³-hybridized carbons (Fsp3) is 0. The molecular weight excluding hydrogens is 637 g/mol. The van der Waals surface area contributed by atoms with E-state index in [1.165, 1.54) is 52.8 Å². The van der Waals surface area contributed by atoms with Crippen LogP contribution in [0.1, 0.15) is 0 Å². The van der Waals surface area contributed by atoms with Crippen LogP contribution in [0.2, 0.25) is 0 Å². The Morgan fingerprint density at radius 1 is 0.314 bits per heavy atom. The number of hydrogen-bond acceptors (Lipinski definition) is 3. The van der Waals surface area contributed by atoms with Crippen molar-refractivity contribution in [3.05, 3.63) is 182 Å². The lowest BCUT2D eigenvalue weighted by molar-refractivity contribution is 1.18. The van der Waals surface area contributed by atoms with Gasteiger partial charge in [0.05, 0.1) is 11.4 Å². The minimum absolute atomic E-state index is 0.708. The number of benzene rings is 8. The van der Waals surface area contributed by atoms with Gasteiger partial charge in [-0.05, 0) is 86.3 Å². The lowest BCUT2D eigenvalue weighted by Gasteiger charge is -2.15. The van der Waals surface area contributed by atoms with Crippen molar-refractivity contribution in [2.24, 2.45) is 0 Å². The van der Waals surface area contributed by atoms with Crippen LogP contribution < -0.4 is 0 Å². The zero-order valence-corrected chi connectivity index (χ0v) is 28.4. The van der Waals surface area contributed by atoms with Crippen LogP contribution in [-0.2, 0) is 0 Å². The average molecular weight is 667 g/mol. The van der Waals surface area contributed by atoms with Gasteiger partial charge in [-0.2, -0.15) is 0 Å². The molecule has 2 aromatic heterocycles. The molecule has 0 radical (unpaired) electrons. The first-order valence-electron chi connectivity index (χ1n) is 17.2. The van der Waals surface area contributed by atoms with Crippen molar-refractivity contribution in [2.45, 2.75) is 0 Å². The molecule has 0 spiro atoms. The molecule has 238 valence electrons. The lowest BCUT2D eigenvalue weighted by Crippen LogP contribution is -1.97. The molecule has 2 nitrogen and oxygen atoms in total. The van der Waals surface area contributed by atoms with Crippen molar-refractivity contribution in [1.29, 1.82) is 0 Å². The van der Waals surface area contributed by atoms with E-state index in [1.807, 2.05) is 29.5 Å². The average Bonchev–Trinajstić information content (AvgIpc) is 3.58. The fourth-order valence-electron chi connectivity index (χ4n) is 7.38. The van der Waals surface area contributed by atoms with Crippen molar-refractivity contribution in [3.8, 4) is 56.2 Å². The zero-order chi connectivity index (χ0) is 33.7. The normalized spacial score (nSPS) is 11.5. The van der Waals surface area contributed by atoms with Crippen molar-refractivity contribution in [2.75, 3.05) is 0 Å². The van der Waals surface area contributed by atoms with Gasteiger partial charge in [0.2, 0.25) is 0 Å². The summed E-state index contributed by atoms with van der Waals surface area (Å²) in [6.07, 6.45) is 0. The minimum atomic E-state index is 0.708. The Morgan fingerprint density at radius 3 is 1.71 bits per heavy atom. The highest BCUT2D eigenvalue weighted by atomic mass is 32.1. The lowest BCUT2D eigenvalue weighted by atomic mass is 9.91. The summed E-state index contributed by atoms with van der Waals surface area (Å²) in [6.45, 7) is 0. The summed E-state index contributed by atoms with van der Waals surface area (Å²) in [5.74, 6) is 0.708. The molecule has 3 heteroatoms. The molecule has 0 N–H and O–H groups in total. The summed E-state index contributed by atoms with van der Waals surface area (Å²) in [7, 11) is 0. The second-order valence-electron chi connectivity index (χ2n) is 13.0. The van der Waals surface area contributed by atoms with Crippen LogP contribution in [0.25, 0.3) is 97.9 Å². The van der Waals surface area contributed by atoms with Crippen LogP contribution in [0.5, 0.6) is 0 Å². The van der Waals surface area contributed by atoms with E-state index >= 15 is 0 Å². The summed E-state index contributed by atoms with van der Waals surface area (Å²) in [4.78, 5) is 10.5. The van der Waals surface area contributed by atoms with E-state index in [9.17, 15) is 0 Å². The largest absolute Gasteiger partial charge is 0.228 e. The summed E-state index contributed by atoms with van der Waals surface area (Å²) in [5.41, 5.74) is 9.60. The first kappa shape index (κ1) is 29.5. The Kier molecular flexibility index (Phi) is 7.04. The van der Waals surface area contributed by atoms with Crippen molar-refractivity contribution in [3.63, 3.8) is 0 Å². The van der Waals surface area contributed by atoms with Gasteiger partial charge in [0.15, 0.2) is 5.82 Å². The van der Waals surface area contributed by atoms with E-state index in [2.05, 4.69) is 164 Å². The van der Waals surface area contributed by atoms with Gasteiger partial charge in [-0.15, -0.1) is 11.3 Å². The standard InChI is InChI=1S/C48H30N2S/c1-2-14-33(15-3-1)48-49-44(30-45(50-48)41-22-11-17-32-13-5-7-19-39(32)41)37-27-35(26-36(28-37)40-21-10-16-31-12-4-6-18-38(31)40)34-24-25-47-43(29-34)42-20-8-9-23-46(42)51-47/h1-30H. The number of rotatable bonds is 5. The van der Waals surface area contributed by atoms with E-state index in [1.54, 1.807) is 0 Å². The first-order chi connectivity index (χ1) is 25.2. The highest BCUT2D eigenvalue weighted by Gasteiger charge is 2.16. The van der Waals surface area contributed by atoms with E-state index in [-0.39, 0.29) is 0 Å². The Labute approximate surface area is 300 Å². The molecule has 2 heterocycles. The SMILES string of the molecule is c1ccc(-c2nc(-c3cc(-c4ccc5sc6ccccc6c5c4)cc(-c4cccc5ccccc45)c3)cc(-c3cccc4ccccc34)n2)cc1. The monoisotopic (exact) mass is 666 g/mol. The molecule has 0 fully saturated rings. The van der Waals surface area contributed by atoms with Gasteiger partial charge in [-0.1, -0.05) is 140 Å². The molecule has 0 amide bonds. The highest BCUT2D eigenvalue weighted by molar-refractivity contribution is 7.25. The van der Waals surface area contributed by atoms with E-state index in [4.69, 9.17) is 9.97 Å². The van der Waals surface area contributed by atoms with Gasteiger partial charge in [0.25, 0.3) is 0 Å². The smallest absolute Gasteiger partial charge is 0.160 e. The molecule has 0 aliphatic heterocycles. The zero-order valence-electron chi connectivity index (χ0n) is 27.6. The summed E-state index contributed by atoms with van der Waals surface area (Å²) < 4.78 is 2.61. The molecule has 10 rings (SSSR count). The Bertz CT molecular complexity index is 2910. The fourth-order valence-corrected chi connectivity index (χ4v) is 8.47. The molecule has 10 aromatic rings. The molecule has 0 saturated heterocycles. The molecule has 0 aliphatic rings. The molecule has 0 atom stereocenters. The number of aromatic nitrogens is 2. The molecule has 0 unspecified atom stereocenters. The second kappa shape index (κ2) is 12.2.